The van der Waals surface area contributed by atoms with E-state index in [9.17, 15) is 9.59 Å². The van der Waals surface area contributed by atoms with Gasteiger partial charge >= 0.3 is 5.97 Å². The summed E-state index contributed by atoms with van der Waals surface area (Å²) in [5.41, 5.74) is 6.77. The maximum Gasteiger partial charge on any atom is 0.303 e. The van der Waals surface area contributed by atoms with Crippen molar-refractivity contribution in [2.24, 2.45) is 5.73 Å². The highest BCUT2D eigenvalue weighted by atomic mass is 35.5. The van der Waals surface area contributed by atoms with Gasteiger partial charge in [0.05, 0.1) is 11.7 Å². The van der Waals surface area contributed by atoms with Crippen molar-refractivity contribution in [3.8, 4) is 0 Å². The van der Waals surface area contributed by atoms with Gasteiger partial charge in [0.25, 0.3) is 0 Å². The monoisotopic (exact) mass is 271 g/mol. The van der Waals surface area contributed by atoms with Crippen molar-refractivity contribution >= 4 is 29.2 Å². The molecule has 0 fully saturated rings. The van der Waals surface area contributed by atoms with Crippen LogP contribution >= 0.6 is 11.6 Å². The van der Waals surface area contributed by atoms with Crippen molar-refractivity contribution in [1.29, 1.82) is 0 Å². The Labute approximate surface area is 109 Å². The van der Waals surface area contributed by atoms with Crippen molar-refractivity contribution in [1.82, 2.24) is 4.98 Å². The lowest BCUT2D eigenvalue weighted by atomic mass is 10.1. The Morgan fingerprint density at radius 1 is 1.61 bits per heavy atom. The average Bonchev–Trinajstić information content (AvgIpc) is 2.30. The molecule has 1 aromatic rings. The van der Waals surface area contributed by atoms with E-state index in [0.29, 0.717) is 5.69 Å². The summed E-state index contributed by atoms with van der Waals surface area (Å²) in [6.45, 7) is 1.81. The van der Waals surface area contributed by atoms with E-state index in [2.05, 4.69) is 10.3 Å². The summed E-state index contributed by atoms with van der Waals surface area (Å²) in [4.78, 5) is 25.9. The molecule has 1 unspecified atom stereocenters. The van der Waals surface area contributed by atoms with Gasteiger partial charge in [-0.2, -0.15) is 0 Å². The minimum Gasteiger partial charge on any atom is -0.481 e. The van der Waals surface area contributed by atoms with Crippen LogP contribution in [-0.4, -0.2) is 28.0 Å². The van der Waals surface area contributed by atoms with Gasteiger partial charge in [0, 0.05) is 12.6 Å². The number of carbonyl (C=O) groups excluding carboxylic acids is 1. The molecule has 0 bridgehead atoms. The third-order valence-corrected chi connectivity index (χ3v) is 2.54. The van der Waals surface area contributed by atoms with Crippen LogP contribution in [0.25, 0.3) is 0 Å². The quantitative estimate of drug-likeness (QED) is 0.697. The summed E-state index contributed by atoms with van der Waals surface area (Å²) in [6, 6.07) is 0.773. The Hall–Kier alpha value is -1.66. The van der Waals surface area contributed by atoms with Crippen LogP contribution in [0.4, 0.5) is 5.69 Å². The van der Waals surface area contributed by atoms with E-state index in [0.717, 1.165) is 5.56 Å². The number of rotatable bonds is 5. The number of aliphatic carboxylic acids is 1. The minimum atomic E-state index is -0.992. The van der Waals surface area contributed by atoms with E-state index in [1.54, 1.807) is 12.3 Å². The molecule has 1 amide bonds. The topological polar surface area (TPSA) is 105 Å². The molecule has 0 aliphatic heterocycles. The lowest BCUT2D eigenvalue weighted by molar-refractivity contribution is -0.137. The SMILES string of the molecule is Cc1cnc(Cl)c(NC(=O)C(N)CCC(=O)O)c1. The zero-order chi connectivity index (χ0) is 13.7. The first-order valence-corrected chi connectivity index (χ1v) is 5.68. The maximum atomic E-state index is 11.7. The number of pyridine rings is 1. The number of carboxylic acid groups (broad SMARTS) is 1. The number of carbonyl (C=O) groups is 2. The maximum absolute atomic E-state index is 11.7. The van der Waals surface area contributed by atoms with Crippen LogP contribution in [0.2, 0.25) is 5.15 Å². The number of nitrogens with two attached hydrogens (primary N) is 1. The number of aryl methyl sites for hydroxylation is 1. The van der Waals surface area contributed by atoms with Crippen molar-refractivity contribution in [2.75, 3.05) is 5.32 Å². The van der Waals surface area contributed by atoms with E-state index >= 15 is 0 Å². The van der Waals surface area contributed by atoms with E-state index in [1.807, 2.05) is 6.92 Å². The Morgan fingerprint density at radius 2 is 2.28 bits per heavy atom. The fraction of sp³-hybridized carbons (Fsp3) is 0.364. The molecule has 1 rings (SSSR count). The molecule has 1 aromatic heterocycles. The average molecular weight is 272 g/mol. The molecule has 6 nitrogen and oxygen atoms in total. The van der Waals surface area contributed by atoms with Gasteiger partial charge < -0.3 is 16.2 Å². The van der Waals surface area contributed by atoms with Crippen molar-refractivity contribution in [3.63, 3.8) is 0 Å². The van der Waals surface area contributed by atoms with Crippen LogP contribution < -0.4 is 11.1 Å². The van der Waals surface area contributed by atoms with Gasteiger partial charge in [-0.1, -0.05) is 11.6 Å². The lowest BCUT2D eigenvalue weighted by Gasteiger charge is -2.12. The standard InChI is InChI=1S/C11H14ClN3O3/c1-6-4-8(10(12)14-5-6)15-11(18)7(13)2-3-9(16)17/h4-5,7H,2-3,13H2,1H3,(H,15,18)(H,16,17). The molecule has 0 aliphatic rings. The third kappa shape index (κ3) is 4.31. The number of anilines is 1. The van der Waals surface area contributed by atoms with E-state index < -0.39 is 17.9 Å². The molecular formula is C11H14ClN3O3. The highest BCUT2D eigenvalue weighted by Gasteiger charge is 2.16. The number of nitrogens with zero attached hydrogens (tertiary/aromatic N) is 1. The molecule has 18 heavy (non-hydrogen) atoms. The molecule has 4 N–H and O–H groups in total. The number of carboxylic acids is 1. The number of aromatic nitrogens is 1. The van der Waals surface area contributed by atoms with Gasteiger partial charge in [-0.05, 0) is 25.0 Å². The van der Waals surface area contributed by atoms with Crippen LogP contribution in [0.5, 0.6) is 0 Å². The number of amides is 1. The molecule has 0 radical (unpaired) electrons. The van der Waals surface area contributed by atoms with Gasteiger partial charge in [0.2, 0.25) is 5.91 Å². The minimum absolute atomic E-state index is 0.0675. The number of nitrogens with one attached hydrogen (secondary N) is 1. The highest BCUT2D eigenvalue weighted by Crippen LogP contribution is 2.19. The van der Waals surface area contributed by atoms with Gasteiger partial charge in [-0.15, -0.1) is 0 Å². The normalized spacial score (nSPS) is 11.9. The Kier molecular flexibility index (Phi) is 5.06. The number of hydrogen-bond donors (Lipinski definition) is 3. The lowest BCUT2D eigenvalue weighted by Crippen LogP contribution is -2.36. The Morgan fingerprint density at radius 3 is 2.89 bits per heavy atom. The van der Waals surface area contributed by atoms with Crippen molar-refractivity contribution < 1.29 is 14.7 Å². The van der Waals surface area contributed by atoms with E-state index in [-0.39, 0.29) is 18.0 Å². The van der Waals surface area contributed by atoms with Gasteiger partial charge in [-0.25, -0.2) is 4.98 Å². The van der Waals surface area contributed by atoms with E-state index in [1.165, 1.54) is 0 Å². The summed E-state index contributed by atoms with van der Waals surface area (Å²) >= 11 is 5.81. The van der Waals surface area contributed by atoms with Crippen LogP contribution in [0, 0.1) is 6.92 Å². The number of hydrogen-bond acceptors (Lipinski definition) is 4. The van der Waals surface area contributed by atoms with Crippen molar-refractivity contribution in [3.05, 3.63) is 23.0 Å². The zero-order valence-electron chi connectivity index (χ0n) is 9.81. The van der Waals surface area contributed by atoms with Crippen LogP contribution in [0.1, 0.15) is 18.4 Å². The smallest absolute Gasteiger partial charge is 0.303 e. The van der Waals surface area contributed by atoms with Crippen molar-refractivity contribution in [2.45, 2.75) is 25.8 Å². The molecule has 0 saturated carbocycles. The first kappa shape index (κ1) is 14.4. The second kappa shape index (κ2) is 6.32. The Balaban J connectivity index is 2.63. The molecule has 0 aliphatic carbocycles. The molecule has 0 spiro atoms. The van der Waals surface area contributed by atoms with Crippen LogP contribution in [0.3, 0.4) is 0 Å². The molecular weight excluding hydrogens is 258 g/mol. The molecule has 0 saturated heterocycles. The first-order valence-electron chi connectivity index (χ1n) is 5.30. The second-order valence-corrected chi connectivity index (χ2v) is 4.24. The molecule has 0 aromatic carbocycles. The highest BCUT2D eigenvalue weighted by molar-refractivity contribution is 6.32. The summed E-state index contributed by atoms with van der Waals surface area (Å²) in [5.74, 6) is -1.47. The predicted octanol–water partition coefficient (Wildman–Crippen LogP) is 1.17. The molecule has 1 heterocycles. The fourth-order valence-electron chi connectivity index (χ4n) is 1.28. The van der Waals surface area contributed by atoms with Gasteiger partial charge in [0.1, 0.15) is 0 Å². The fourth-order valence-corrected chi connectivity index (χ4v) is 1.43. The molecule has 98 valence electrons. The first-order chi connectivity index (χ1) is 8.40. The number of halogens is 1. The summed E-state index contributed by atoms with van der Waals surface area (Å²) in [5, 5.41) is 11.2. The summed E-state index contributed by atoms with van der Waals surface area (Å²) in [7, 11) is 0. The molecule has 7 heteroatoms. The third-order valence-electron chi connectivity index (χ3n) is 2.24. The van der Waals surface area contributed by atoms with Gasteiger partial charge in [0.15, 0.2) is 5.15 Å². The van der Waals surface area contributed by atoms with E-state index in [4.69, 9.17) is 22.4 Å². The van der Waals surface area contributed by atoms with Gasteiger partial charge in [-0.3, -0.25) is 9.59 Å². The Bertz CT molecular complexity index is 465. The van der Waals surface area contributed by atoms with Crippen LogP contribution in [-0.2, 0) is 9.59 Å². The summed E-state index contributed by atoms with van der Waals surface area (Å²) in [6.07, 6.45) is 1.48. The predicted molar refractivity (Wildman–Crippen MR) is 67.5 cm³/mol. The summed E-state index contributed by atoms with van der Waals surface area (Å²) < 4.78 is 0. The second-order valence-electron chi connectivity index (χ2n) is 3.88. The van der Waals surface area contributed by atoms with Crippen LogP contribution in [0.15, 0.2) is 12.3 Å². The largest absolute Gasteiger partial charge is 0.481 e. The zero-order valence-corrected chi connectivity index (χ0v) is 10.6. The molecule has 1 atom stereocenters.